The lowest BCUT2D eigenvalue weighted by Gasteiger charge is -2.27. The summed E-state index contributed by atoms with van der Waals surface area (Å²) in [5.41, 5.74) is 0.726. The maximum Gasteiger partial charge on any atom is 0.126 e. The second-order valence-corrected chi connectivity index (χ2v) is 5.04. The van der Waals surface area contributed by atoms with Crippen LogP contribution in [0, 0.1) is 23.5 Å². The zero-order chi connectivity index (χ0) is 12.4. The van der Waals surface area contributed by atoms with E-state index >= 15 is 0 Å². The molecule has 1 aromatic rings. The lowest BCUT2D eigenvalue weighted by molar-refractivity contribution is 0.314. The molecule has 1 fully saturated rings. The van der Waals surface area contributed by atoms with Gasteiger partial charge in [-0.3, -0.25) is 0 Å². The molecule has 3 unspecified atom stereocenters. The minimum Gasteiger partial charge on any atom is -0.313 e. The van der Waals surface area contributed by atoms with Gasteiger partial charge in [-0.05, 0) is 43.0 Å². The van der Waals surface area contributed by atoms with Gasteiger partial charge in [-0.25, -0.2) is 8.78 Å². The van der Waals surface area contributed by atoms with E-state index in [1.165, 1.54) is 25.0 Å². The molecule has 0 bridgehead atoms. The Labute approximate surface area is 101 Å². The maximum absolute atomic E-state index is 13.2. The lowest BCUT2D eigenvalue weighted by atomic mass is 9.86. The quantitative estimate of drug-likeness (QED) is 0.848. The van der Waals surface area contributed by atoms with Crippen LogP contribution in [0.25, 0.3) is 0 Å². The third-order valence-corrected chi connectivity index (χ3v) is 3.91. The molecule has 1 aliphatic carbocycles. The SMILES string of the molecule is CNC(c1cc(F)cc(F)c1)C1CCCC1C. The molecule has 0 amide bonds. The molecule has 0 saturated heterocycles. The van der Waals surface area contributed by atoms with Crippen molar-refractivity contribution in [3.8, 4) is 0 Å². The van der Waals surface area contributed by atoms with Gasteiger partial charge in [0.25, 0.3) is 0 Å². The van der Waals surface area contributed by atoms with Crippen LogP contribution >= 0.6 is 0 Å². The first-order valence-corrected chi connectivity index (χ1v) is 6.25. The average molecular weight is 239 g/mol. The minimum atomic E-state index is -0.495. The summed E-state index contributed by atoms with van der Waals surface area (Å²) in [4.78, 5) is 0. The number of benzene rings is 1. The Hall–Kier alpha value is -0.960. The van der Waals surface area contributed by atoms with Crippen molar-refractivity contribution in [3.05, 3.63) is 35.4 Å². The molecule has 0 heterocycles. The van der Waals surface area contributed by atoms with Crippen molar-refractivity contribution < 1.29 is 8.78 Å². The van der Waals surface area contributed by atoms with E-state index in [1.807, 2.05) is 7.05 Å². The Morgan fingerprint density at radius 2 is 1.82 bits per heavy atom. The summed E-state index contributed by atoms with van der Waals surface area (Å²) in [6, 6.07) is 3.86. The summed E-state index contributed by atoms with van der Waals surface area (Å²) in [5, 5.41) is 3.21. The predicted molar refractivity (Wildman–Crippen MR) is 64.7 cm³/mol. The molecule has 0 aliphatic heterocycles. The molecular weight excluding hydrogens is 220 g/mol. The van der Waals surface area contributed by atoms with Crippen LogP contribution in [0.1, 0.15) is 37.8 Å². The van der Waals surface area contributed by atoms with E-state index in [-0.39, 0.29) is 6.04 Å². The van der Waals surface area contributed by atoms with Gasteiger partial charge in [-0.1, -0.05) is 19.8 Å². The molecule has 94 valence electrons. The Bertz CT molecular complexity index is 372. The average Bonchev–Trinajstić information content (AvgIpc) is 2.65. The molecule has 0 spiro atoms. The summed E-state index contributed by atoms with van der Waals surface area (Å²) in [6.07, 6.45) is 3.55. The molecule has 0 radical (unpaired) electrons. The van der Waals surface area contributed by atoms with Crippen LogP contribution in [0.2, 0.25) is 0 Å². The fraction of sp³-hybridized carbons (Fsp3) is 0.571. The van der Waals surface area contributed by atoms with Gasteiger partial charge in [-0.15, -0.1) is 0 Å². The second kappa shape index (κ2) is 5.13. The van der Waals surface area contributed by atoms with Gasteiger partial charge in [0.15, 0.2) is 0 Å². The van der Waals surface area contributed by atoms with Crippen LogP contribution in [0.5, 0.6) is 0 Å². The first kappa shape index (κ1) is 12.5. The maximum atomic E-state index is 13.2. The Morgan fingerprint density at radius 1 is 1.18 bits per heavy atom. The highest BCUT2D eigenvalue weighted by Gasteiger charge is 2.31. The van der Waals surface area contributed by atoms with Crippen molar-refractivity contribution in [2.75, 3.05) is 7.05 Å². The van der Waals surface area contributed by atoms with E-state index < -0.39 is 11.6 Å². The highest BCUT2D eigenvalue weighted by molar-refractivity contribution is 5.22. The van der Waals surface area contributed by atoms with Crippen LogP contribution in [-0.4, -0.2) is 7.05 Å². The standard InChI is InChI=1S/C14H19F2N/c1-9-4-3-5-13(9)14(17-2)10-6-11(15)8-12(16)7-10/h6-9,13-14,17H,3-5H2,1-2H3. The highest BCUT2D eigenvalue weighted by Crippen LogP contribution is 2.40. The van der Waals surface area contributed by atoms with Crippen molar-refractivity contribution in [2.45, 2.75) is 32.2 Å². The predicted octanol–water partition coefficient (Wildman–Crippen LogP) is 3.66. The van der Waals surface area contributed by atoms with Crippen molar-refractivity contribution in [2.24, 2.45) is 11.8 Å². The molecule has 1 saturated carbocycles. The van der Waals surface area contributed by atoms with Crippen LogP contribution in [0.3, 0.4) is 0 Å². The third-order valence-electron chi connectivity index (χ3n) is 3.91. The molecule has 1 aromatic carbocycles. The van der Waals surface area contributed by atoms with Crippen LogP contribution in [0.15, 0.2) is 18.2 Å². The number of hydrogen-bond donors (Lipinski definition) is 1. The van der Waals surface area contributed by atoms with Crippen molar-refractivity contribution in [1.82, 2.24) is 5.32 Å². The van der Waals surface area contributed by atoms with Gasteiger partial charge in [0, 0.05) is 12.1 Å². The van der Waals surface area contributed by atoms with Gasteiger partial charge < -0.3 is 5.32 Å². The molecule has 1 aliphatic rings. The Balaban J connectivity index is 2.28. The molecule has 1 N–H and O–H groups in total. The van der Waals surface area contributed by atoms with Crippen molar-refractivity contribution >= 4 is 0 Å². The number of halogens is 2. The summed E-state index contributed by atoms with van der Waals surface area (Å²) >= 11 is 0. The van der Waals surface area contributed by atoms with Gasteiger partial charge in [0.05, 0.1) is 0 Å². The fourth-order valence-corrected chi connectivity index (χ4v) is 3.05. The lowest BCUT2D eigenvalue weighted by Crippen LogP contribution is -2.27. The largest absolute Gasteiger partial charge is 0.313 e. The van der Waals surface area contributed by atoms with E-state index in [0.29, 0.717) is 11.8 Å². The Morgan fingerprint density at radius 3 is 2.29 bits per heavy atom. The summed E-state index contributed by atoms with van der Waals surface area (Å²) < 4.78 is 26.5. The monoisotopic (exact) mass is 239 g/mol. The molecule has 0 aromatic heterocycles. The zero-order valence-corrected chi connectivity index (χ0v) is 10.3. The van der Waals surface area contributed by atoms with Crippen LogP contribution in [-0.2, 0) is 0 Å². The van der Waals surface area contributed by atoms with E-state index in [9.17, 15) is 8.78 Å². The van der Waals surface area contributed by atoms with Gasteiger partial charge in [0.1, 0.15) is 11.6 Å². The summed E-state index contributed by atoms with van der Waals surface area (Å²) in [7, 11) is 1.86. The molecule has 3 heteroatoms. The number of nitrogens with one attached hydrogen (secondary N) is 1. The number of rotatable bonds is 3. The molecule has 2 rings (SSSR count). The van der Waals surface area contributed by atoms with Crippen LogP contribution < -0.4 is 5.32 Å². The van der Waals surface area contributed by atoms with Gasteiger partial charge >= 0.3 is 0 Å². The van der Waals surface area contributed by atoms with Crippen molar-refractivity contribution in [3.63, 3.8) is 0 Å². The third kappa shape index (κ3) is 2.65. The second-order valence-electron chi connectivity index (χ2n) is 5.04. The molecule has 3 atom stereocenters. The first-order chi connectivity index (χ1) is 8.11. The van der Waals surface area contributed by atoms with E-state index in [0.717, 1.165) is 18.1 Å². The summed E-state index contributed by atoms with van der Waals surface area (Å²) in [5.74, 6) is 0.0942. The first-order valence-electron chi connectivity index (χ1n) is 6.25. The fourth-order valence-electron chi connectivity index (χ4n) is 3.05. The highest BCUT2D eigenvalue weighted by atomic mass is 19.1. The van der Waals surface area contributed by atoms with Crippen LogP contribution in [0.4, 0.5) is 8.78 Å². The zero-order valence-electron chi connectivity index (χ0n) is 10.3. The van der Waals surface area contributed by atoms with Gasteiger partial charge in [0.2, 0.25) is 0 Å². The number of hydrogen-bond acceptors (Lipinski definition) is 1. The van der Waals surface area contributed by atoms with E-state index in [4.69, 9.17) is 0 Å². The van der Waals surface area contributed by atoms with E-state index in [1.54, 1.807) is 0 Å². The topological polar surface area (TPSA) is 12.0 Å². The van der Waals surface area contributed by atoms with Crippen molar-refractivity contribution in [1.29, 1.82) is 0 Å². The Kier molecular flexibility index (Phi) is 3.77. The molecular formula is C14H19F2N. The normalized spacial score (nSPS) is 26.1. The minimum absolute atomic E-state index is 0.0534. The molecule has 1 nitrogen and oxygen atoms in total. The summed E-state index contributed by atoms with van der Waals surface area (Å²) in [6.45, 7) is 2.22. The smallest absolute Gasteiger partial charge is 0.126 e. The van der Waals surface area contributed by atoms with Gasteiger partial charge in [-0.2, -0.15) is 0 Å². The molecule has 17 heavy (non-hydrogen) atoms. The van der Waals surface area contributed by atoms with E-state index in [2.05, 4.69) is 12.2 Å².